The number of halogens is 1. The molecule has 0 radical (unpaired) electrons. The van der Waals surface area contributed by atoms with E-state index in [1.807, 2.05) is 18.3 Å². The summed E-state index contributed by atoms with van der Waals surface area (Å²) in [5.41, 5.74) is 7.35. The molecule has 9 nitrogen and oxygen atoms in total. The van der Waals surface area contributed by atoms with Gasteiger partial charge in [-0.05, 0) is 23.8 Å². The van der Waals surface area contributed by atoms with E-state index in [4.69, 9.17) is 10.5 Å². The van der Waals surface area contributed by atoms with Crippen LogP contribution < -0.4 is 15.5 Å². The molecule has 2 aromatic rings. The number of nitrogens with two attached hydrogens (primary N) is 1. The first-order chi connectivity index (χ1) is 13.8. The van der Waals surface area contributed by atoms with Gasteiger partial charge in [-0.2, -0.15) is 0 Å². The summed E-state index contributed by atoms with van der Waals surface area (Å²) >= 11 is 0. The molecule has 10 heteroatoms. The van der Waals surface area contributed by atoms with Gasteiger partial charge in [0.05, 0.1) is 19.8 Å². The summed E-state index contributed by atoms with van der Waals surface area (Å²) in [6.45, 7) is 7.06. The highest BCUT2D eigenvalue weighted by atomic mass is 127. The van der Waals surface area contributed by atoms with Gasteiger partial charge in [0, 0.05) is 57.9 Å². The van der Waals surface area contributed by atoms with E-state index >= 15 is 0 Å². The molecule has 0 saturated carbocycles. The van der Waals surface area contributed by atoms with Crippen molar-refractivity contribution in [1.82, 2.24) is 19.9 Å². The molecule has 0 spiro atoms. The van der Waals surface area contributed by atoms with Gasteiger partial charge in [-0.25, -0.2) is 19.9 Å². The fraction of sp³-hybridized carbons (Fsp3) is 0.474. The zero-order valence-corrected chi connectivity index (χ0v) is 18.7. The molecule has 156 valence electrons. The number of piperazine rings is 1. The van der Waals surface area contributed by atoms with Crippen LogP contribution in [0.15, 0.2) is 41.8 Å². The normalized spacial score (nSPS) is 17.8. The van der Waals surface area contributed by atoms with Gasteiger partial charge in [0.2, 0.25) is 5.95 Å². The highest BCUT2D eigenvalue weighted by Crippen LogP contribution is 2.15. The van der Waals surface area contributed by atoms with Crippen molar-refractivity contribution in [3.8, 4) is 0 Å². The average molecular weight is 510 g/mol. The fourth-order valence-corrected chi connectivity index (χ4v) is 3.39. The number of guanidine groups is 1. The van der Waals surface area contributed by atoms with Gasteiger partial charge in [-0.15, -0.1) is 24.0 Å². The first-order valence-corrected chi connectivity index (χ1v) is 9.64. The van der Waals surface area contributed by atoms with Crippen LogP contribution in [0.5, 0.6) is 0 Å². The third-order valence-corrected chi connectivity index (χ3v) is 5.01. The highest BCUT2D eigenvalue weighted by molar-refractivity contribution is 14.0. The van der Waals surface area contributed by atoms with E-state index in [1.165, 1.54) is 0 Å². The van der Waals surface area contributed by atoms with Gasteiger partial charge in [0.15, 0.2) is 5.96 Å². The van der Waals surface area contributed by atoms with E-state index in [0.29, 0.717) is 12.5 Å². The molecule has 2 saturated heterocycles. The minimum absolute atomic E-state index is 0. The van der Waals surface area contributed by atoms with Gasteiger partial charge in [-0.1, -0.05) is 0 Å². The molecule has 4 heterocycles. The molecule has 0 bridgehead atoms. The summed E-state index contributed by atoms with van der Waals surface area (Å²) in [6.07, 6.45) is 5.37. The van der Waals surface area contributed by atoms with Crippen molar-refractivity contribution in [3.05, 3.63) is 42.4 Å². The molecule has 29 heavy (non-hydrogen) atoms. The van der Waals surface area contributed by atoms with Crippen molar-refractivity contribution in [2.75, 3.05) is 62.3 Å². The molecule has 0 unspecified atom stereocenters. The van der Waals surface area contributed by atoms with Crippen LogP contribution in [0.1, 0.15) is 5.56 Å². The van der Waals surface area contributed by atoms with Gasteiger partial charge in [-0.3, -0.25) is 0 Å². The standard InChI is InChI=1S/C19H26N8O.HI/c20-18(26-6-8-27(9-7-26)19-22-3-1-4-23-19)24-15-16-2-5-21-17(14-16)25-10-12-28-13-11-25;/h1-5,14H,6-13,15H2,(H2,20,24);1H. The average Bonchev–Trinajstić information content (AvgIpc) is 2.79. The number of aliphatic imine (C=N–C) groups is 1. The Morgan fingerprint density at radius 2 is 1.69 bits per heavy atom. The predicted octanol–water partition coefficient (Wildman–Crippen LogP) is 0.963. The van der Waals surface area contributed by atoms with E-state index in [2.05, 4.69) is 40.7 Å². The van der Waals surface area contributed by atoms with Crippen LogP contribution in [0, 0.1) is 0 Å². The van der Waals surface area contributed by atoms with Gasteiger partial charge >= 0.3 is 0 Å². The maximum Gasteiger partial charge on any atom is 0.225 e. The van der Waals surface area contributed by atoms with Crippen LogP contribution >= 0.6 is 24.0 Å². The lowest BCUT2D eigenvalue weighted by atomic mass is 10.2. The molecule has 2 aliphatic rings. The second kappa shape index (κ2) is 10.5. The number of aromatic nitrogens is 3. The first kappa shape index (κ1) is 21.5. The monoisotopic (exact) mass is 510 g/mol. The minimum atomic E-state index is 0. The second-order valence-corrected chi connectivity index (χ2v) is 6.82. The Hall–Kier alpha value is -2.21. The topological polar surface area (TPSA) is 96.0 Å². The highest BCUT2D eigenvalue weighted by Gasteiger charge is 2.20. The quantitative estimate of drug-likeness (QED) is 0.370. The van der Waals surface area contributed by atoms with E-state index in [1.54, 1.807) is 12.4 Å². The van der Waals surface area contributed by atoms with Crippen molar-refractivity contribution >= 4 is 41.7 Å². The fourth-order valence-electron chi connectivity index (χ4n) is 3.39. The van der Waals surface area contributed by atoms with E-state index < -0.39 is 0 Å². The number of anilines is 2. The zero-order chi connectivity index (χ0) is 19.2. The summed E-state index contributed by atoms with van der Waals surface area (Å²) in [7, 11) is 0. The van der Waals surface area contributed by atoms with E-state index in [9.17, 15) is 0 Å². The largest absolute Gasteiger partial charge is 0.378 e. The number of morpholine rings is 1. The molecular weight excluding hydrogens is 483 g/mol. The summed E-state index contributed by atoms with van der Waals surface area (Å²) in [5, 5.41) is 0. The predicted molar refractivity (Wildman–Crippen MR) is 124 cm³/mol. The second-order valence-electron chi connectivity index (χ2n) is 6.82. The van der Waals surface area contributed by atoms with Crippen molar-refractivity contribution in [1.29, 1.82) is 0 Å². The number of rotatable bonds is 4. The Labute approximate surface area is 188 Å². The molecule has 2 fully saturated rings. The van der Waals surface area contributed by atoms with Crippen LogP contribution in [0.4, 0.5) is 11.8 Å². The van der Waals surface area contributed by atoms with Crippen LogP contribution in [0.3, 0.4) is 0 Å². The Balaban J connectivity index is 0.00000240. The first-order valence-electron chi connectivity index (χ1n) is 9.64. The molecule has 0 amide bonds. The third kappa shape index (κ3) is 5.66. The summed E-state index contributed by atoms with van der Waals surface area (Å²) in [5.74, 6) is 2.33. The maximum atomic E-state index is 6.24. The number of ether oxygens (including phenoxy) is 1. The number of hydrogen-bond acceptors (Lipinski definition) is 7. The molecule has 0 aromatic carbocycles. The number of hydrogen-bond donors (Lipinski definition) is 1. The Morgan fingerprint density at radius 3 is 2.41 bits per heavy atom. The summed E-state index contributed by atoms with van der Waals surface area (Å²) in [4.78, 5) is 24.2. The van der Waals surface area contributed by atoms with Crippen LogP contribution in [0.2, 0.25) is 0 Å². The molecule has 0 atom stereocenters. The lowest BCUT2D eigenvalue weighted by Crippen LogP contribution is -2.51. The van der Waals surface area contributed by atoms with Gasteiger partial charge < -0.3 is 25.2 Å². The number of pyridine rings is 1. The van der Waals surface area contributed by atoms with Crippen molar-refractivity contribution < 1.29 is 4.74 Å². The van der Waals surface area contributed by atoms with Crippen molar-refractivity contribution in [3.63, 3.8) is 0 Å². The van der Waals surface area contributed by atoms with Crippen LogP contribution in [-0.4, -0.2) is 78.3 Å². The van der Waals surface area contributed by atoms with E-state index in [0.717, 1.165) is 69.8 Å². The van der Waals surface area contributed by atoms with Gasteiger partial charge in [0.1, 0.15) is 5.82 Å². The zero-order valence-electron chi connectivity index (χ0n) is 16.4. The molecule has 4 rings (SSSR count). The van der Waals surface area contributed by atoms with Crippen molar-refractivity contribution in [2.45, 2.75) is 6.54 Å². The molecule has 2 N–H and O–H groups in total. The molecule has 2 aromatic heterocycles. The minimum Gasteiger partial charge on any atom is -0.378 e. The molecular formula is C19H27IN8O. The maximum absolute atomic E-state index is 6.24. The molecule has 2 aliphatic heterocycles. The lowest BCUT2D eigenvalue weighted by Gasteiger charge is -2.35. The van der Waals surface area contributed by atoms with Crippen LogP contribution in [0.25, 0.3) is 0 Å². The summed E-state index contributed by atoms with van der Waals surface area (Å²) < 4.78 is 5.41. The van der Waals surface area contributed by atoms with Crippen LogP contribution in [-0.2, 0) is 11.3 Å². The number of nitrogens with zero attached hydrogens (tertiary/aromatic N) is 7. The third-order valence-electron chi connectivity index (χ3n) is 5.01. The Kier molecular flexibility index (Phi) is 7.81. The van der Waals surface area contributed by atoms with E-state index in [-0.39, 0.29) is 24.0 Å². The molecule has 0 aliphatic carbocycles. The Morgan fingerprint density at radius 1 is 0.966 bits per heavy atom. The SMILES string of the molecule is I.NC(=NCc1ccnc(N2CCOCC2)c1)N1CCN(c2ncccn2)CC1. The van der Waals surface area contributed by atoms with Gasteiger partial charge in [0.25, 0.3) is 0 Å². The Bertz CT molecular complexity index is 792. The summed E-state index contributed by atoms with van der Waals surface area (Å²) in [6, 6.07) is 5.91. The lowest BCUT2D eigenvalue weighted by molar-refractivity contribution is 0.122. The van der Waals surface area contributed by atoms with Crippen molar-refractivity contribution in [2.24, 2.45) is 10.7 Å². The smallest absolute Gasteiger partial charge is 0.225 e.